The van der Waals surface area contributed by atoms with Crippen LogP contribution in [0.5, 0.6) is 5.75 Å². The summed E-state index contributed by atoms with van der Waals surface area (Å²) in [5.74, 6) is 5.35. The molecular weight excluding hydrogens is 623 g/mol. The molecule has 4 heterocycles. The van der Waals surface area contributed by atoms with Crippen LogP contribution in [0.15, 0.2) is 54.7 Å². The fourth-order valence-corrected chi connectivity index (χ4v) is 5.94. The molecule has 248 valence electrons. The lowest BCUT2D eigenvalue weighted by Crippen LogP contribution is -2.36. The molecule has 6 rings (SSSR count). The zero-order valence-electron chi connectivity index (χ0n) is 26.4. The molecule has 1 saturated heterocycles. The molecule has 0 unspecified atom stereocenters. The normalized spacial score (nSPS) is 15.2. The summed E-state index contributed by atoms with van der Waals surface area (Å²) in [4.78, 5) is 36.0. The SMILES string of the molecule is CN1CCC(Oc2ccc(NC(=O)Cc3cccc(C#Cc4cnc(N)nc4-c4cc5c(n4C)CCNC5=O)c3)cc2C(F)(F)F)CC1. The number of nitrogens with one attached hydrogen (secondary N) is 2. The van der Waals surface area contributed by atoms with E-state index in [9.17, 15) is 22.8 Å². The number of hydrogen-bond acceptors (Lipinski definition) is 7. The summed E-state index contributed by atoms with van der Waals surface area (Å²) < 4.78 is 49.5. The molecule has 48 heavy (non-hydrogen) atoms. The first-order valence-electron chi connectivity index (χ1n) is 15.5. The van der Waals surface area contributed by atoms with E-state index >= 15 is 0 Å². The van der Waals surface area contributed by atoms with Crippen LogP contribution in [0.1, 0.15) is 51.1 Å². The predicted molar refractivity (Wildman–Crippen MR) is 174 cm³/mol. The lowest BCUT2D eigenvalue weighted by atomic mass is 10.1. The number of fused-ring (bicyclic) bond motifs is 1. The number of anilines is 2. The van der Waals surface area contributed by atoms with Gasteiger partial charge in [0, 0.05) is 56.2 Å². The molecule has 0 aliphatic carbocycles. The smallest absolute Gasteiger partial charge is 0.420 e. The highest BCUT2D eigenvalue weighted by molar-refractivity contribution is 5.98. The van der Waals surface area contributed by atoms with Gasteiger partial charge in [-0.3, -0.25) is 9.59 Å². The van der Waals surface area contributed by atoms with Crippen LogP contribution in [-0.4, -0.2) is 64.0 Å². The van der Waals surface area contributed by atoms with Crippen molar-refractivity contribution in [3.05, 3.63) is 88.2 Å². The number of likely N-dealkylation sites (tertiary alicyclic amines) is 1. The number of rotatable bonds is 6. The van der Waals surface area contributed by atoms with Crippen LogP contribution in [0.2, 0.25) is 0 Å². The van der Waals surface area contributed by atoms with Crippen molar-refractivity contribution in [3.8, 4) is 29.0 Å². The van der Waals surface area contributed by atoms with Crippen molar-refractivity contribution in [2.24, 2.45) is 7.05 Å². The maximum absolute atomic E-state index is 14.0. The van der Waals surface area contributed by atoms with Crippen LogP contribution in [0.3, 0.4) is 0 Å². The van der Waals surface area contributed by atoms with Crippen LogP contribution in [0, 0.1) is 11.8 Å². The minimum absolute atomic E-state index is 0.0229. The molecule has 2 aliphatic heterocycles. The lowest BCUT2D eigenvalue weighted by molar-refractivity contribution is -0.139. The summed E-state index contributed by atoms with van der Waals surface area (Å²) in [6.07, 6.45) is -1.56. The number of amides is 2. The van der Waals surface area contributed by atoms with E-state index in [0.29, 0.717) is 59.4 Å². The monoisotopic (exact) mass is 657 g/mol. The number of nitrogens with two attached hydrogens (primary N) is 1. The molecule has 0 saturated carbocycles. The van der Waals surface area contributed by atoms with Crippen molar-refractivity contribution in [1.29, 1.82) is 0 Å². The number of ether oxygens (including phenoxy) is 1. The molecule has 2 aromatic carbocycles. The van der Waals surface area contributed by atoms with Crippen molar-refractivity contribution in [3.63, 3.8) is 0 Å². The molecule has 4 aromatic rings. The maximum Gasteiger partial charge on any atom is 0.420 e. The first kappa shape index (κ1) is 32.6. The van der Waals surface area contributed by atoms with Crippen molar-refractivity contribution in [2.45, 2.75) is 38.0 Å². The molecule has 4 N–H and O–H groups in total. The van der Waals surface area contributed by atoms with Gasteiger partial charge < -0.3 is 30.6 Å². The Morgan fingerprint density at radius 2 is 1.92 bits per heavy atom. The number of nitrogen functional groups attached to an aromatic ring is 1. The standard InChI is InChI=1S/C35H34F3N7O3/c1-44-14-11-25(12-15-44)48-30-9-8-24(18-27(30)35(36,37)38)42-31(46)17-22-5-3-4-21(16-22)6-7-23-20-41-34(39)43-32(23)29-19-26-28(45(29)2)10-13-40-33(26)47/h3-5,8-9,16,18-20,25H,10-15,17H2,1-2H3,(H,40,47)(H,42,46)(H2,39,41,43). The Labute approximate surface area is 275 Å². The Kier molecular flexibility index (Phi) is 9.10. The Morgan fingerprint density at radius 3 is 2.67 bits per heavy atom. The Balaban J connectivity index is 1.17. The van der Waals surface area contributed by atoms with Gasteiger partial charge in [0.1, 0.15) is 17.5 Å². The van der Waals surface area contributed by atoms with Gasteiger partial charge in [-0.2, -0.15) is 13.2 Å². The van der Waals surface area contributed by atoms with Gasteiger partial charge in [0.2, 0.25) is 11.9 Å². The predicted octanol–water partition coefficient (Wildman–Crippen LogP) is 4.42. The van der Waals surface area contributed by atoms with Gasteiger partial charge in [0.25, 0.3) is 5.91 Å². The third-order valence-corrected chi connectivity index (χ3v) is 8.46. The first-order chi connectivity index (χ1) is 22.9. The largest absolute Gasteiger partial charge is 0.490 e. The van der Waals surface area contributed by atoms with E-state index in [2.05, 4.69) is 37.3 Å². The average molecular weight is 658 g/mol. The van der Waals surface area contributed by atoms with Crippen LogP contribution in [0.25, 0.3) is 11.4 Å². The van der Waals surface area contributed by atoms with E-state index < -0.39 is 17.6 Å². The van der Waals surface area contributed by atoms with E-state index in [1.165, 1.54) is 18.3 Å². The average Bonchev–Trinajstić information content (AvgIpc) is 3.39. The van der Waals surface area contributed by atoms with Gasteiger partial charge in [-0.1, -0.05) is 24.0 Å². The molecule has 0 radical (unpaired) electrons. The second-order valence-corrected chi connectivity index (χ2v) is 11.9. The van der Waals surface area contributed by atoms with E-state index in [4.69, 9.17) is 10.5 Å². The van der Waals surface area contributed by atoms with E-state index in [1.54, 1.807) is 30.3 Å². The topological polar surface area (TPSA) is 127 Å². The molecule has 0 bridgehead atoms. The Hall–Kier alpha value is -5.35. The highest BCUT2D eigenvalue weighted by Crippen LogP contribution is 2.39. The zero-order valence-corrected chi connectivity index (χ0v) is 26.4. The number of nitrogens with zero attached hydrogens (tertiary/aromatic N) is 4. The van der Waals surface area contributed by atoms with Crippen molar-refractivity contribution in [1.82, 2.24) is 24.8 Å². The van der Waals surface area contributed by atoms with Crippen LogP contribution in [0.4, 0.5) is 24.8 Å². The molecule has 1 fully saturated rings. The number of carbonyl (C=O) groups is 2. The van der Waals surface area contributed by atoms with Gasteiger partial charge in [0.15, 0.2) is 0 Å². The number of halogens is 3. The maximum atomic E-state index is 14.0. The second kappa shape index (κ2) is 13.4. The summed E-state index contributed by atoms with van der Waals surface area (Å²) in [5, 5.41) is 5.42. The minimum atomic E-state index is -4.65. The fourth-order valence-electron chi connectivity index (χ4n) is 5.94. The van der Waals surface area contributed by atoms with Crippen LogP contribution in [-0.2, 0) is 30.9 Å². The number of aromatic nitrogens is 3. The number of alkyl halides is 3. The third kappa shape index (κ3) is 7.29. The molecule has 0 spiro atoms. The number of carbonyl (C=O) groups excluding carboxylic acids is 2. The number of piperidine rings is 1. The van der Waals surface area contributed by atoms with Crippen LogP contribution < -0.4 is 21.1 Å². The molecule has 2 aliphatic rings. The van der Waals surface area contributed by atoms with Gasteiger partial charge in [0.05, 0.1) is 28.8 Å². The van der Waals surface area contributed by atoms with Gasteiger partial charge in [-0.15, -0.1) is 0 Å². The summed E-state index contributed by atoms with van der Waals surface area (Å²) >= 11 is 0. The van der Waals surface area contributed by atoms with Crippen molar-refractivity contribution >= 4 is 23.5 Å². The van der Waals surface area contributed by atoms with E-state index in [1.807, 2.05) is 18.7 Å². The number of hydrogen-bond donors (Lipinski definition) is 3. The van der Waals surface area contributed by atoms with Gasteiger partial charge in [-0.25, -0.2) is 9.97 Å². The highest BCUT2D eigenvalue weighted by Gasteiger charge is 2.36. The van der Waals surface area contributed by atoms with E-state index in [0.717, 1.165) is 24.8 Å². The molecular formula is C35H34F3N7O3. The third-order valence-electron chi connectivity index (χ3n) is 8.46. The minimum Gasteiger partial charge on any atom is -0.490 e. The van der Waals surface area contributed by atoms with Crippen molar-refractivity contribution < 1.29 is 27.5 Å². The van der Waals surface area contributed by atoms with Gasteiger partial charge in [-0.05, 0) is 61.9 Å². The van der Waals surface area contributed by atoms with E-state index in [-0.39, 0.29) is 35.8 Å². The summed E-state index contributed by atoms with van der Waals surface area (Å²) in [7, 11) is 3.82. The molecule has 10 nitrogen and oxygen atoms in total. The van der Waals surface area contributed by atoms with Crippen LogP contribution >= 0.6 is 0 Å². The summed E-state index contributed by atoms with van der Waals surface area (Å²) in [5.41, 5.74) is 9.35. The first-order valence-corrected chi connectivity index (χ1v) is 15.5. The number of benzene rings is 2. The Bertz CT molecular complexity index is 1940. The Morgan fingerprint density at radius 1 is 1.12 bits per heavy atom. The molecule has 2 amide bonds. The quantitative estimate of drug-likeness (QED) is 0.262. The second-order valence-electron chi connectivity index (χ2n) is 11.9. The summed E-state index contributed by atoms with van der Waals surface area (Å²) in [6.45, 7) is 2.05. The molecule has 2 aromatic heterocycles. The summed E-state index contributed by atoms with van der Waals surface area (Å²) in [6, 6.07) is 12.3. The molecule has 0 atom stereocenters. The lowest BCUT2D eigenvalue weighted by Gasteiger charge is -2.30. The zero-order chi connectivity index (χ0) is 34.0. The van der Waals surface area contributed by atoms with Gasteiger partial charge >= 0.3 is 6.18 Å². The fraction of sp³-hybridized carbons (Fsp3) is 0.314. The van der Waals surface area contributed by atoms with Crippen molar-refractivity contribution in [2.75, 3.05) is 37.7 Å². The molecule has 13 heteroatoms. The highest BCUT2D eigenvalue weighted by atomic mass is 19.4.